The first kappa shape index (κ1) is 10.6. The molecular weight excluding hydrogens is 202 g/mol. The Hall–Kier alpha value is -1.91. The van der Waals surface area contributed by atoms with E-state index in [1.165, 1.54) is 11.9 Å². The van der Waals surface area contributed by atoms with Gasteiger partial charge >= 0.3 is 0 Å². The molecule has 84 valence electrons. The zero-order valence-electron chi connectivity index (χ0n) is 9.73. The van der Waals surface area contributed by atoms with E-state index in [1.54, 1.807) is 6.07 Å². The molecular formula is C11H15N5. The van der Waals surface area contributed by atoms with Gasteiger partial charge in [0.1, 0.15) is 12.1 Å². The van der Waals surface area contributed by atoms with E-state index in [4.69, 9.17) is 5.73 Å². The van der Waals surface area contributed by atoms with Gasteiger partial charge in [0.2, 0.25) is 0 Å². The topological polar surface area (TPSA) is 69.6 Å². The molecule has 0 aromatic carbocycles. The van der Waals surface area contributed by atoms with E-state index in [-0.39, 0.29) is 0 Å². The second-order valence-electron chi connectivity index (χ2n) is 3.72. The fraction of sp³-hybridized carbons (Fsp3) is 0.364. The molecule has 2 N–H and O–H groups in total. The maximum atomic E-state index is 5.63. The Kier molecular flexibility index (Phi) is 2.60. The quantitative estimate of drug-likeness (QED) is 0.826. The van der Waals surface area contributed by atoms with Crippen molar-refractivity contribution in [3.63, 3.8) is 0 Å². The van der Waals surface area contributed by atoms with Crippen LogP contribution in [-0.2, 0) is 6.42 Å². The van der Waals surface area contributed by atoms with Crippen LogP contribution in [0.15, 0.2) is 12.4 Å². The number of rotatable bonds is 2. The molecule has 0 unspecified atom stereocenters. The Morgan fingerprint density at radius 1 is 1.31 bits per heavy atom. The zero-order chi connectivity index (χ0) is 11.7. The van der Waals surface area contributed by atoms with Crippen molar-refractivity contribution >= 4 is 5.82 Å². The average molecular weight is 217 g/mol. The number of aryl methyl sites for hydroxylation is 1. The standard InChI is InChI=1S/C11H15N5/c1-4-9-7(2)15-16(8(9)3)11-5-10(12)13-6-14-11/h5-6H,4H2,1-3H3,(H2,12,13,14). The lowest BCUT2D eigenvalue weighted by Gasteiger charge is -2.03. The largest absolute Gasteiger partial charge is 0.384 e. The monoisotopic (exact) mass is 217 g/mol. The first-order valence-corrected chi connectivity index (χ1v) is 5.26. The number of nitrogens with two attached hydrogens (primary N) is 1. The maximum absolute atomic E-state index is 5.63. The first-order chi connectivity index (χ1) is 7.63. The summed E-state index contributed by atoms with van der Waals surface area (Å²) in [4.78, 5) is 8.04. The third-order valence-corrected chi connectivity index (χ3v) is 2.69. The lowest BCUT2D eigenvalue weighted by Crippen LogP contribution is -2.04. The van der Waals surface area contributed by atoms with Gasteiger partial charge in [0.05, 0.1) is 5.69 Å². The van der Waals surface area contributed by atoms with Gasteiger partial charge in [-0.3, -0.25) is 0 Å². The van der Waals surface area contributed by atoms with Gasteiger partial charge in [-0.2, -0.15) is 5.10 Å². The molecule has 0 saturated carbocycles. The number of hydrogen-bond acceptors (Lipinski definition) is 4. The van der Waals surface area contributed by atoms with E-state index in [9.17, 15) is 0 Å². The number of hydrogen-bond donors (Lipinski definition) is 1. The van der Waals surface area contributed by atoms with Crippen molar-refractivity contribution in [1.29, 1.82) is 0 Å². The molecule has 0 spiro atoms. The minimum Gasteiger partial charge on any atom is -0.384 e. The SMILES string of the molecule is CCc1c(C)nn(-c2cc(N)ncn2)c1C. The van der Waals surface area contributed by atoms with Crippen LogP contribution in [0.3, 0.4) is 0 Å². The molecule has 0 aliphatic carbocycles. The van der Waals surface area contributed by atoms with E-state index in [0.29, 0.717) is 11.6 Å². The predicted molar refractivity (Wildman–Crippen MR) is 62.4 cm³/mol. The van der Waals surface area contributed by atoms with Crippen LogP contribution in [0.25, 0.3) is 5.82 Å². The average Bonchev–Trinajstić information content (AvgIpc) is 2.54. The minimum atomic E-state index is 0.454. The summed E-state index contributed by atoms with van der Waals surface area (Å²) in [5.74, 6) is 1.17. The van der Waals surface area contributed by atoms with E-state index in [0.717, 1.165) is 17.8 Å². The number of anilines is 1. The molecule has 0 aliphatic rings. The van der Waals surface area contributed by atoms with E-state index < -0.39 is 0 Å². The summed E-state index contributed by atoms with van der Waals surface area (Å²) in [5.41, 5.74) is 9.04. The van der Waals surface area contributed by atoms with Gasteiger partial charge in [0, 0.05) is 11.8 Å². The van der Waals surface area contributed by atoms with Gasteiger partial charge in [-0.1, -0.05) is 6.92 Å². The summed E-state index contributed by atoms with van der Waals surface area (Å²) >= 11 is 0. The van der Waals surface area contributed by atoms with Crippen LogP contribution in [0.5, 0.6) is 0 Å². The minimum absolute atomic E-state index is 0.454. The summed E-state index contributed by atoms with van der Waals surface area (Å²) < 4.78 is 1.81. The van der Waals surface area contributed by atoms with Gasteiger partial charge < -0.3 is 5.73 Å². The van der Waals surface area contributed by atoms with Gasteiger partial charge in [0.15, 0.2) is 5.82 Å². The Bertz CT molecular complexity index is 515. The van der Waals surface area contributed by atoms with Crippen molar-refractivity contribution in [1.82, 2.24) is 19.7 Å². The molecule has 16 heavy (non-hydrogen) atoms. The van der Waals surface area contributed by atoms with Gasteiger partial charge in [-0.25, -0.2) is 14.6 Å². The van der Waals surface area contributed by atoms with E-state index in [1.807, 2.05) is 18.5 Å². The number of nitrogens with zero attached hydrogens (tertiary/aromatic N) is 4. The Morgan fingerprint density at radius 3 is 2.62 bits per heavy atom. The second-order valence-corrected chi connectivity index (χ2v) is 3.72. The molecule has 0 atom stereocenters. The Morgan fingerprint density at radius 2 is 2.06 bits per heavy atom. The van der Waals surface area contributed by atoms with Crippen molar-refractivity contribution in [2.45, 2.75) is 27.2 Å². The highest BCUT2D eigenvalue weighted by Gasteiger charge is 2.11. The van der Waals surface area contributed by atoms with Crippen LogP contribution >= 0.6 is 0 Å². The Labute approximate surface area is 94.3 Å². The Balaban J connectivity index is 2.56. The van der Waals surface area contributed by atoms with Crippen LogP contribution < -0.4 is 5.73 Å². The molecule has 5 nitrogen and oxygen atoms in total. The smallest absolute Gasteiger partial charge is 0.159 e. The highest BCUT2D eigenvalue weighted by atomic mass is 15.3. The van der Waals surface area contributed by atoms with Crippen LogP contribution in [0, 0.1) is 13.8 Å². The van der Waals surface area contributed by atoms with E-state index in [2.05, 4.69) is 22.0 Å². The molecule has 0 saturated heterocycles. The molecule has 0 fully saturated rings. The van der Waals surface area contributed by atoms with Crippen LogP contribution in [0.1, 0.15) is 23.9 Å². The highest BCUT2D eigenvalue weighted by molar-refractivity contribution is 5.38. The van der Waals surface area contributed by atoms with Crippen molar-refractivity contribution in [2.75, 3.05) is 5.73 Å². The van der Waals surface area contributed by atoms with Crippen LogP contribution in [0.2, 0.25) is 0 Å². The fourth-order valence-corrected chi connectivity index (χ4v) is 1.89. The molecule has 2 rings (SSSR count). The van der Waals surface area contributed by atoms with Gasteiger partial charge in [0.25, 0.3) is 0 Å². The molecule has 2 aromatic rings. The van der Waals surface area contributed by atoms with Crippen molar-refractivity contribution in [3.05, 3.63) is 29.3 Å². The lowest BCUT2D eigenvalue weighted by atomic mass is 10.1. The maximum Gasteiger partial charge on any atom is 0.159 e. The third-order valence-electron chi connectivity index (χ3n) is 2.69. The van der Waals surface area contributed by atoms with Crippen molar-refractivity contribution in [2.24, 2.45) is 0 Å². The molecule has 2 heterocycles. The number of nitrogen functional groups attached to an aromatic ring is 1. The molecule has 5 heteroatoms. The lowest BCUT2D eigenvalue weighted by molar-refractivity contribution is 0.801. The summed E-state index contributed by atoms with van der Waals surface area (Å²) in [6, 6.07) is 1.72. The predicted octanol–water partition coefficient (Wildman–Crippen LogP) is 1.42. The highest BCUT2D eigenvalue weighted by Crippen LogP contribution is 2.17. The molecule has 0 bridgehead atoms. The van der Waals surface area contributed by atoms with Gasteiger partial charge in [-0.05, 0) is 25.8 Å². The molecule has 0 amide bonds. The second kappa shape index (κ2) is 3.92. The van der Waals surface area contributed by atoms with E-state index >= 15 is 0 Å². The normalized spacial score (nSPS) is 10.7. The molecule has 2 aromatic heterocycles. The molecule has 0 aliphatic heterocycles. The van der Waals surface area contributed by atoms with Gasteiger partial charge in [-0.15, -0.1) is 0 Å². The van der Waals surface area contributed by atoms with Crippen molar-refractivity contribution < 1.29 is 0 Å². The third kappa shape index (κ3) is 1.64. The summed E-state index contributed by atoms with van der Waals surface area (Å²) in [6.45, 7) is 6.17. The number of aromatic nitrogens is 4. The zero-order valence-corrected chi connectivity index (χ0v) is 9.73. The first-order valence-electron chi connectivity index (χ1n) is 5.26. The van der Waals surface area contributed by atoms with Crippen LogP contribution in [-0.4, -0.2) is 19.7 Å². The van der Waals surface area contributed by atoms with Crippen molar-refractivity contribution in [3.8, 4) is 5.82 Å². The summed E-state index contributed by atoms with van der Waals surface area (Å²) in [5, 5.41) is 4.46. The summed E-state index contributed by atoms with van der Waals surface area (Å²) in [6.07, 6.45) is 2.42. The van der Waals surface area contributed by atoms with Crippen LogP contribution in [0.4, 0.5) is 5.82 Å². The molecule has 0 radical (unpaired) electrons. The summed E-state index contributed by atoms with van der Waals surface area (Å²) in [7, 11) is 0. The fourth-order valence-electron chi connectivity index (χ4n) is 1.89.